The Balaban J connectivity index is 1.82. The van der Waals surface area contributed by atoms with Crippen molar-refractivity contribution in [2.45, 2.75) is 13.5 Å². The minimum Gasteiger partial charge on any atom is -0.463 e. The standard InChI is InChI=1S/C16H14N4O3/c1-11-16(22)20(14-7-3-2-6-13(14)18-11)10-15(21)19-17-9-12-5-4-8-23-12/h2-9H,10H2,1H3,(H,19,21)/b17-9+. The Hall–Kier alpha value is -3.22. The Morgan fingerprint density at radius 3 is 2.96 bits per heavy atom. The second kappa shape index (κ2) is 6.27. The number of hydrazone groups is 1. The van der Waals surface area contributed by atoms with Crippen LogP contribution in [0.5, 0.6) is 0 Å². The first-order valence-electron chi connectivity index (χ1n) is 6.97. The van der Waals surface area contributed by atoms with Gasteiger partial charge in [-0.1, -0.05) is 12.1 Å². The van der Waals surface area contributed by atoms with Crippen LogP contribution in [0.2, 0.25) is 0 Å². The zero-order chi connectivity index (χ0) is 16.2. The molecule has 0 radical (unpaired) electrons. The number of fused-ring (bicyclic) bond motifs is 1. The molecule has 2 aromatic heterocycles. The maximum atomic E-state index is 12.2. The van der Waals surface area contributed by atoms with E-state index >= 15 is 0 Å². The molecular weight excluding hydrogens is 296 g/mol. The van der Waals surface area contributed by atoms with Crippen molar-refractivity contribution < 1.29 is 9.21 Å². The summed E-state index contributed by atoms with van der Waals surface area (Å²) in [7, 11) is 0. The van der Waals surface area contributed by atoms with E-state index in [1.54, 1.807) is 37.3 Å². The molecule has 0 fully saturated rings. The van der Waals surface area contributed by atoms with Gasteiger partial charge < -0.3 is 4.42 Å². The topological polar surface area (TPSA) is 89.5 Å². The number of aromatic nitrogens is 2. The van der Waals surface area contributed by atoms with Crippen LogP contribution >= 0.6 is 0 Å². The number of carbonyl (C=O) groups is 1. The predicted molar refractivity (Wildman–Crippen MR) is 85.2 cm³/mol. The summed E-state index contributed by atoms with van der Waals surface area (Å²) in [5, 5.41) is 3.79. The van der Waals surface area contributed by atoms with Gasteiger partial charge in [0.25, 0.3) is 11.5 Å². The molecule has 1 amide bonds. The van der Waals surface area contributed by atoms with Crippen LogP contribution in [0.25, 0.3) is 11.0 Å². The Labute approximate surface area is 131 Å². The molecule has 23 heavy (non-hydrogen) atoms. The number of nitrogens with one attached hydrogen (secondary N) is 1. The molecule has 7 nitrogen and oxygen atoms in total. The molecule has 0 aliphatic rings. The van der Waals surface area contributed by atoms with Crippen LogP contribution in [0.3, 0.4) is 0 Å². The average Bonchev–Trinajstić information content (AvgIpc) is 3.05. The van der Waals surface area contributed by atoms with Crippen molar-refractivity contribution in [2.24, 2.45) is 5.10 Å². The number of rotatable bonds is 4. The predicted octanol–water partition coefficient (Wildman–Crippen LogP) is 1.45. The number of carbonyl (C=O) groups excluding carboxylic acids is 1. The SMILES string of the molecule is Cc1nc2ccccc2n(CC(=O)N/N=C/c2ccco2)c1=O. The van der Waals surface area contributed by atoms with Gasteiger partial charge in [0, 0.05) is 0 Å². The third kappa shape index (κ3) is 3.18. The number of hydrogen-bond acceptors (Lipinski definition) is 5. The van der Waals surface area contributed by atoms with Crippen LogP contribution in [-0.2, 0) is 11.3 Å². The molecule has 3 aromatic rings. The van der Waals surface area contributed by atoms with E-state index < -0.39 is 5.91 Å². The molecule has 0 bridgehead atoms. The van der Waals surface area contributed by atoms with E-state index in [9.17, 15) is 9.59 Å². The maximum absolute atomic E-state index is 12.2. The van der Waals surface area contributed by atoms with Crippen LogP contribution in [0.4, 0.5) is 0 Å². The largest absolute Gasteiger partial charge is 0.463 e. The van der Waals surface area contributed by atoms with E-state index in [1.807, 2.05) is 6.07 Å². The summed E-state index contributed by atoms with van der Waals surface area (Å²) in [6.07, 6.45) is 2.89. The average molecular weight is 310 g/mol. The van der Waals surface area contributed by atoms with E-state index in [0.29, 0.717) is 22.5 Å². The summed E-state index contributed by atoms with van der Waals surface area (Å²) in [5.41, 5.74) is 3.69. The second-order valence-corrected chi connectivity index (χ2v) is 4.89. The summed E-state index contributed by atoms with van der Waals surface area (Å²) < 4.78 is 6.45. The smallest absolute Gasteiger partial charge is 0.272 e. The molecule has 0 saturated heterocycles. The highest BCUT2D eigenvalue weighted by Crippen LogP contribution is 2.09. The van der Waals surface area contributed by atoms with Crippen molar-refractivity contribution in [3.05, 3.63) is 64.5 Å². The van der Waals surface area contributed by atoms with Gasteiger partial charge >= 0.3 is 0 Å². The number of amides is 1. The minimum absolute atomic E-state index is 0.141. The van der Waals surface area contributed by atoms with E-state index in [0.717, 1.165) is 0 Å². The lowest BCUT2D eigenvalue weighted by Crippen LogP contribution is -2.31. The molecule has 2 heterocycles. The molecule has 3 rings (SSSR count). The second-order valence-electron chi connectivity index (χ2n) is 4.89. The van der Waals surface area contributed by atoms with Gasteiger partial charge in [-0.15, -0.1) is 0 Å². The number of nitrogens with zero attached hydrogens (tertiary/aromatic N) is 3. The quantitative estimate of drug-likeness (QED) is 0.583. The summed E-state index contributed by atoms with van der Waals surface area (Å²) >= 11 is 0. The minimum atomic E-state index is -0.411. The van der Waals surface area contributed by atoms with Gasteiger partial charge in [-0.3, -0.25) is 14.2 Å². The van der Waals surface area contributed by atoms with Crippen molar-refractivity contribution in [1.82, 2.24) is 15.0 Å². The molecule has 0 aliphatic heterocycles. The highest BCUT2D eigenvalue weighted by molar-refractivity contribution is 5.82. The highest BCUT2D eigenvalue weighted by atomic mass is 16.3. The first-order valence-corrected chi connectivity index (χ1v) is 6.97. The third-order valence-electron chi connectivity index (χ3n) is 3.24. The van der Waals surface area contributed by atoms with E-state index in [4.69, 9.17) is 4.42 Å². The number of para-hydroxylation sites is 2. The Morgan fingerprint density at radius 2 is 2.17 bits per heavy atom. The van der Waals surface area contributed by atoms with Crippen molar-refractivity contribution >= 4 is 23.2 Å². The van der Waals surface area contributed by atoms with Gasteiger partial charge in [0.15, 0.2) is 0 Å². The zero-order valence-electron chi connectivity index (χ0n) is 12.4. The molecular formula is C16H14N4O3. The molecule has 1 N–H and O–H groups in total. The Kier molecular flexibility index (Phi) is 4.01. The summed E-state index contributed by atoms with van der Waals surface area (Å²) in [5.74, 6) is 0.110. The fraction of sp³-hybridized carbons (Fsp3) is 0.125. The van der Waals surface area contributed by atoms with Crippen LogP contribution in [0.1, 0.15) is 11.5 Å². The van der Waals surface area contributed by atoms with Crippen LogP contribution in [0, 0.1) is 6.92 Å². The number of benzene rings is 1. The molecule has 0 saturated carbocycles. The molecule has 1 aromatic carbocycles. The first kappa shape index (κ1) is 14.7. The molecule has 116 valence electrons. The number of furan rings is 1. The molecule has 0 atom stereocenters. The number of hydrogen-bond donors (Lipinski definition) is 1. The van der Waals surface area contributed by atoms with Gasteiger partial charge in [-0.25, -0.2) is 10.4 Å². The lowest BCUT2D eigenvalue weighted by atomic mass is 10.2. The van der Waals surface area contributed by atoms with Crippen molar-refractivity contribution in [1.29, 1.82) is 0 Å². The molecule has 0 spiro atoms. The van der Waals surface area contributed by atoms with Crippen molar-refractivity contribution in [2.75, 3.05) is 0 Å². The van der Waals surface area contributed by atoms with E-state index in [2.05, 4.69) is 15.5 Å². The van der Waals surface area contributed by atoms with Gasteiger partial charge in [-0.05, 0) is 31.2 Å². The fourth-order valence-electron chi connectivity index (χ4n) is 2.19. The lowest BCUT2D eigenvalue weighted by Gasteiger charge is -2.09. The molecule has 0 unspecified atom stereocenters. The normalized spacial score (nSPS) is 11.2. The Bertz CT molecular complexity index is 926. The third-order valence-corrected chi connectivity index (χ3v) is 3.24. The van der Waals surface area contributed by atoms with Crippen LogP contribution < -0.4 is 11.0 Å². The highest BCUT2D eigenvalue weighted by Gasteiger charge is 2.10. The van der Waals surface area contributed by atoms with Gasteiger partial charge in [-0.2, -0.15) is 5.10 Å². The van der Waals surface area contributed by atoms with Crippen LogP contribution in [0.15, 0.2) is 57.0 Å². The zero-order valence-corrected chi connectivity index (χ0v) is 12.4. The summed E-state index contributed by atoms with van der Waals surface area (Å²) in [4.78, 5) is 28.5. The number of aryl methyl sites for hydroxylation is 1. The van der Waals surface area contributed by atoms with Gasteiger partial charge in [0.2, 0.25) is 0 Å². The lowest BCUT2D eigenvalue weighted by molar-refractivity contribution is -0.121. The maximum Gasteiger partial charge on any atom is 0.272 e. The summed E-state index contributed by atoms with van der Waals surface area (Å²) in [6.45, 7) is 1.48. The first-order chi connectivity index (χ1) is 11.1. The van der Waals surface area contributed by atoms with Crippen LogP contribution in [-0.4, -0.2) is 21.7 Å². The van der Waals surface area contributed by atoms with Crippen molar-refractivity contribution in [3.63, 3.8) is 0 Å². The molecule has 0 aliphatic carbocycles. The van der Waals surface area contributed by atoms with E-state index in [1.165, 1.54) is 17.0 Å². The van der Waals surface area contributed by atoms with Gasteiger partial charge in [0.1, 0.15) is 18.0 Å². The van der Waals surface area contributed by atoms with E-state index in [-0.39, 0.29) is 12.1 Å². The Morgan fingerprint density at radius 1 is 1.35 bits per heavy atom. The monoisotopic (exact) mass is 310 g/mol. The molecule has 7 heteroatoms. The van der Waals surface area contributed by atoms with Crippen molar-refractivity contribution in [3.8, 4) is 0 Å². The van der Waals surface area contributed by atoms with Gasteiger partial charge in [0.05, 0.1) is 23.5 Å². The fourth-order valence-corrected chi connectivity index (χ4v) is 2.19. The summed E-state index contributed by atoms with van der Waals surface area (Å²) in [6, 6.07) is 10.6.